The Labute approximate surface area is 205 Å². The van der Waals surface area contributed by atoms with E-state index in [9.17, 15) is 0 Å². The molecule has 2 aromatic heterocycles. The van der Waals surface area contributed by atoms with Crippen LogP contribution in [0, 0.1) is 6.92 Å². The number of benzene rings is 2. The number of nitrogens with zero attached hydrogens (tertiary/aromatic N) is 3. The van der Waals surface area contributed by atoms with E-state index in [1.165, 1.54) is 25.6 Å². The molecule has 0 spiro atoms. The van der Waals surface area contributed by atoms with Crippen molar-refractivity contribution in [3.8, 4) is 23.1 Å². The average molecular weight is 477 g/mol. The molecular weight excluding hydrogens is 444 g/mol. The van der Waals surface area contributed by atoms with Gasteiger partial charge in [0.2, 0.25) is 5.88 Å². The Morgan fingerprint density at radius 3 is 2.66 bits per heavy atom. The van der Waals surface area contributed by atoms with E-state index >= 15 is 0 Å². The molecule has 0 saturated carbocycles. The first-order valence-electron chi connectivity index (χ1n) is 12.1. The number of piperidine rings is 1. The molecule has 0 bridgehead atoms. The van der Waals surface area contributed by atoms with Crippen LogP contribution in [-0.4, -0.2) is 60.0 Å². The van der Waals surface area contributed by atoms with Gasteiger partial charge >= 0.3 is 0 Å². The summed E-state index contributed by atoms with van der Waals surface area (Å²) in [5.74, 6) is 2.45. The molecule has 2 aromatic carbocycles. The van der Waals surface area contributed by atoms with Gasteiger partial charge in [-0.05, 0) is 50.1 Å². The number of aromatic amines is 1. The third-order valence-corrected chi connectivity index (χ3v) is 6.46. The largest absolute Gasteiger partial charge is 0.493 e. The molecule has 1 atom stereocenters. The van der Waals surface area contributed by atoms with E-state index in [4.69, 9.17) is 18.9 Å². The van der Waals surface area contributed by atoms with Gasteiger partial charge in [0.05, 0.1) is 24.6 Å². The number of aryl methyl sites for hydroxylation is 1. The van der Waals surface area contributed by atoms with E-state index in [2.05, 4.69) is 25.9 Å². The molecule has 0 radical (unpaired) electrons. The minimum atomic E-state index is -0.0873. The van der Waals surface area contributed by atoms with Crippen molar-refractivity contribution in [2.45, 2.75) is 38.8 Å². The van der Waals surface area contributed by atoms with Gasteiger partial charge < -0.3 is 23.9 Å². The van der Waals surface area contributed by atoms with Gasteiger partial charge in [0.15, 0.2) is 17.7 Å². The van der Waals surface area contributed by atoms with Crippen molar-refractivity contribution < 1.29 is 18.9 Å². The Bertz CT molecular complexity index is 1300. The minimum absolute atomic E-state index is 0.0873. The first-order chi connectivity index (χ1) is 17.1. The van der Waals surface area contributed by atoms with Crippen molar-refractivity contribution in [3.05, 3.63) is 48.4 Å². The topological polar surface area (TPSA) is 81.7 Å². The number of fused-ring (bicyclic) bond motifs is 2. The number of ether oxygens (including phenoxy) is 4. The van der Waals surface area contributed by atoms with Gasteiger partial charge in [0, 0.05) is 49.3 Å². The Morgan fingerprint density at radius 1 is 1.00 bits per heavy atom. The monoisotopic (exact) mass is 476 g/mol. The summed E-state index contributed by atoms with van der Waals surface area (Å²) in [6.07, 6.45) is 5.84. The zero-order valence-electron chi connectivity index (χ0n) is 20.5. The van der Waals surface area contributed by atoms with E-state index in [0.717, 1.165) is 47.0 Å². The number of rotatable bonds is 9. The summed E-state index contributed by atoms with van der Waals surface area (Å²) in [6, 6.07) is 11.8. The molecule has 1 N–H and O–H groups in total. The van der Waals surface area contributed by atoms with Crippen molar-refractivity contribution in [1.82, 2.24) is 19.9 Å². The third kappa shape index (κ3) is 5.18. The molecule has 1 aliphatic rings. The Hall–Kier alpha value is -3.36. The van der Waals surface area contributed by atoms with Crippen molar-refractivity contribution in [3.63, 3.8) is 0 Å². The van der Waals surface area contributed by atoms with Gasteiger partial charge in [-0.15, -0.1) is 0 Å². The van der Waals surface area contributed by atoms with E-state index in [0.29, 0.717) is 29.7 Å². The average Bonchev–Trinajstić information content (AvgIpc) is 3.26. The number of nitrogens with one attached hydrogen (secondary N) is 1. The number of H-pyrrole nitrogens is 1. The van der Waals surface area contributed by atoms with E-state index < -0.39 is 0 Å². The fourth-order valence-electron chi connectivity index (χ4n) is 4.69. The highest BCUT2D eigenvalue weighted by molar-refractivity contribution is 5.87. The Balaban J connectivity index is 1.45. The second kappa shape index (κ2) is 10.5. The summed E-state index contributed by atoms with van der Waals surface area (Å²) in [6.45, 7) is 4.71. The van der Waals surface area contributed by atoms with Crippen LogP contribution in [0.1, 0.15) is 31.4 Å². The minimum Gasteiger partial charge on any atom is -0.493 e. The van der Waals surface area contributed by atoms with Crippen molar-refractivity contribution in [2.75, 3.05) is 33.9 Å². The van der Waals surface area contributed by atoms with Gasteiger partial charge in [-0.25, -0.2) is 9.97 Å². The van der Waals surface area contributed by atoms with E-state index in [1.807, 2.05) is 37.3 Å². The summed E-state index contributed by atoms with van der Waals surface area (Å²) < 4.78 is 23.8. The summed E-state index contributed by atoms with van der Waals surface area (Å²) in [5.41, 5.74) is 2.91. The Morgan fingerprint density at radius 2 is 1.86 bits per heavy atom. The summed E-state index contributed by atoms with van der Waals surface area (Å²) in [4.78, 5) is 14.6. The summed E-state index contributed by atoms with van der Waals surface area (Å²) >= 11 is 0. The van der Waals surface area contributed by atoms with Crippen LogP contribution in [-0.2, 0) is 4.74 Å². The molecular formula is C27H32N4O4. The van der Waals surface area contributed by atoms with Crippen molar-refractivity contribution >= 4 is 21.8 Å². The highest BCUT2D eigenvalue weighted by Crippen LogP contribution is 2.37. The van der Waals surface area contributed by atoms with Gasteiger partial charge in [-0.1, -0.05) is 6.42 Å². The third-order valence-electron chi connectivity index (χ3n) is 6.46. The standard InChI is InChI=1S/C27H32N4O4/c1-18-13-19-14-20(7-8-22(19)30-18)34-27-21-15-24(33-3)25(16-23(21)28-17-29-27)35-26(9-12-32-2)31-10-5-4-6-11-31/h7-8,13-17,26,30H,4-6,9-12H2,1-3H3. The quantitative estimate of drug-likeness (QED) is 0.344. The van der Waals surface area contributed by atoms with E-state index in [-0.39, 0.29) is 6.23 Å². The van der Waals surface area contributed by atoms with Crippen LogP contribution in [0.3, 0.4) is 0 Å². The van der Waals surface area contributed by atoms with E-state index in [1.54, 1.807) is 14.2 Å². The normalized spacial score (nSPS) is 15.4. The van der Waals surface area contributed by atoms with Crippen LogP contribution in [0.25, 0.3) is 21.8 Å². The number of aromatic nitrogens is 3. The van der Waals surface area contributed by atoms with Crippen LogP contribution in [0.15, 0.2) is 42.7 Å². The molecule has 184 valence electrons. The van der Waals surface area contributed by atoms with Crippen LogP contribution in [0.5, 0.6) is 23.1 Å². The molecule has 8 nitrogen and oxygen atoms in total. The fraction of sp³-hybridized carbons (Fsp3) is 0.407. The zero-order chi connectivity index (χ0) is 24.2. The maximum atomic E-state index is 6.51. The Kier molecular flexibility index (Phi) is 7.01. The maximum Gasteiger partial charge on any atom is 0.230 e. The van der Waals surface area contributed by atoms with Gasteiger partial charge in [0.25, 0.3) is 0 Å². The molecule has 35 heavy (non-hydrogen) atoms. The lowest BCUT2D eigenvalue weighted by Crippen LogP contribution is -2.43. The number of likely N-dealkylation sites (tertiary alicyclic amines) is 1. The second-order valence-corrected chi connectivity index (χ2v) is 8.95. The summed E-state index contributed by atoms with van der Waals surface area (Å²) in [5, 5.41) is 1.85. The van der Waals surface area contributed by atoms with Crippen LogP contribution in [0.4, 0.5) is 0 Å². The molecule has 4 aromatic rings. The number of methoxy groups -OCH3 is 2. The first kappa shape index (κ1) is 23.4. The van der Waals surface area contributed by atoms with Crippen LogP contribution in [0.2, 0.25) is 0 Å². The predicted octanol–water partition coefficient (Wildman–Crippen LogP) is 5.45. The second-order valence-electron chi connectivity index (χ2n) is 8.95. The number of hydrogen-bond donors (Lipinski definition) is 1. The first-order valence-corrected chi connectivity index (χ1v) is 12.1. The molecule has 8 heteroatoms. The molecule has 1 saturated heterocycles. The van der Waals surface area contributed by atoms with Crippen molar-refractivity contribution in [2.24, 2.45) is 0 Å². The number of hydrogen-bond acceptors (Lipinski definition) is 7. The predicted molar refractivity (Wildman–Crippen MR) is 136 cm³/mol. The highest BCUT2D eigenvalue weighted by atomic mass is 16.5. The van der Waals surface area contributed by atoms with Gasteiger partial charge in [-0.2, -0.15) is 0 Å². The lowest BCUT2D eigenvalue weighted by atomic mass is 10.1. The lowest BCUT2D eigenvalue weighted by Gasteiger charge is -2.34. The molecule has 1 unspecified atom stereocenters. The fourth-order valence-corrected chi connectivity index (χ4v) is 4.69. The lowest BCUT2D eigenvalue weighted by molar-refractivity contribution is -0.00963. The van der Waals surface area contributed by atoms with Gasteiger partial charge in [0.1, 0.15) is 12.1 Å². The zero-order valence-corrected chi connectivity index (χ0v) is 20.5. The molecule has 3 heterocycles. The summed E-state index contributed by atoms with van der Waals surface area (Å²) in [7, 11) is 3.36. The maximum absolute atomic E-state index is 6.51. The van der Waals surface area contributed by atoms with Crippen molar-refractivity contribution in [1.29, 1.82) is 0 Å². The van der Waals surface area contributed by atoms with Gasteiger partial charge in [-0.3, -0.25) is 4.90 Å². The smallest absolute Gasteiger partial charge is 0.230 e. The molecule has 1 fully saturated rings. The molecule has 5 rings (SSSR count). The molecule has 0 aliphatic carbocycles. The SMILES string of the molecule is COCCC(Oc1cc2ncnc(Oc3ccc4[nH]c(C)cc4c3)c2cc1OC)N1CCCCC1. The molecule has 1 aliphatic heterocycles. The van der Waals surface area contributed by atoms with Crippen LogP contribution < -0.4 is 14.2 Å². The van der Waals surface area contributed by atoms with Crippen LogP contribution >= 0.6 is 0 Å². The highest BCUT2D eigenvalue weighted by Gasteiger charge is 2.24. The molecule has 0 amide bonds.